The van der Waals surface area contributed by atoms with Crippen molar-refractivity contribution >= 4 is 24.8 Å². The third kappa shape index (κ3) is 4.04. The van der Waals surface area contributed by atoms with Gasteiger partial charge in [-0.2, -0.15) is 0 Å². The van der Waals surface area contributed by atoms with Gasteiger partial charge in [0, 0.05) is 18.3 Å². The molecule has 1 fully saturated rings. The molecule has 0 aromatic heterocycles. The van der Waals surface area contributed by atoms with E-state index >= 15 is 0 Å². The van der Waals surface area contributed by atoms with Crippen LogP contribution in [0.4, 0.5) is 0 Å². The number of benzene rings is 1. The second-order valence-corrected chi connectivity index (χ2v) is 6.60. The zero-order chi connectivity index (χ0) is 17.8. The molecule has 2 rings (SSSR count). The second-order valence-electron chi connectivity index (χ2n) is 6.60. The number of nitrogens with zero attached hydrogens (tertiary/aromatic N) is 1. The average molecular weight is 329 g/mol. The number of hydrogen-bond acceptors (Lipinski definition) is 4. The quantitative estimate of drug-likeness (QED) is 0.483. The molecule has 3 N–H and O–H groups in total. The smallest absolute Gasteiger partial charge is 0.399 e. The second kappa shape index (κ2) is 7.19. The zero-order valence-corrected chi connectivity index (χ0v) is 14.6. The molecule has 0 saturated carbocycles. The molecule has 0 unspecified atom stereocenters. The number of carbonyl (C=O) groups excluding carboxylic acids is 1. The maximum atomic E-state index is 12.0. The van der Waals surface area contributed by atoms with Crippen LogP contribution in [0.5, 0.6) is 0 Å². The van der Waals surface area contributed by atoms with Gasteiger partial charge in [0.25, 0.3) is 5.91 Å². The van der Waals surface area contributed by atoms with Crippen LogP contribution in [-0.2, 0) is 9.31 Å². The Bertz CT molecular complexity index is 623. The van der Waals surface area contributed by atoms with Gasteiger partial charge >= 0.3 is 7.12 Å². The van der Waals surface area contributed by atoms with E-state index in [-0.39, 0.29) is 17.1 Å². The van der Waals surface area contributed by atoms with Gasteiger partial charge in [0.2, 0.25) is 0 Å². The summed E-state index contributed by atoms with van der Waals surface area (Å²) < 4.78 is 12.0. The summed E-state index contributed by atoms with van der Waals surface area (Å²) >= 11 is 0. The van der Waals surface area contributed by atoms with Crippen molar-refractivity contribution in [1.82, 2.24) is 5.32 Å². The van der Waals surface area contributed by atoms with Crippen LogP contribution >= 0.6 is 0 Å². The number of nitrogens with two attached hydrogens (primary N) is 1. The topological polar surface area (TPSA) is 85.9 Å². The van der Waals surface area contributed by atoms with Crippen LogP contribution in [0, 0.1) is 0 Å². The summed E-state index contributed by atoms with van der Waals surface area (Å²) in [6, 6.07) is 7.23. The molecular formula is C17H24BN3O3. The highest BCUT2D eigenvalue weighted by atomic mass is 16.7. The molecule has 0 bridgehead atoms. The minimum Gasteiger partial charge on any atom is -0.399 e. The fourth-order valence-corrected chi connectivity index (χ4v) is 2.19. The van der Waals surface area contributed by atoms with E-state index in [9.17, 15) is 4.79 Å². The summed E-state index contributed by atoms with van der Waals surface area (Å²) in [6.07, 6.45) is 4.43. The van der Waals surface area contributed by atoms with Crippen molar-refractivity contribution in [3.63, 3.8) is 0 Å². The molecule has 1 aromatic carbocycles. The highest BCUT2D eigenvalue weighted by Crippen LogP contribution is 2.36. The van der Waals surface area contributed by atoms with Gasteiger partial charge in [0.15, 0.2) is 0 Å². The molecule has 0 radical (unpaired) electrons. The molecule has 1 aliphatic rings. The van der Waals surface area contributed by atoms with Gasteiger partial charge in [0.1, 0.15) is 0 Å². The first kappa shape index (κ1) is 18.2. The lowest BCUT2D eigenvalue weighted by Gasteiger charge is -2.32. The molecule has 0 spiro atoms. The first-order valence-corrected chi connectivity index (χ1v) is 7.89. The molecule has 1 saturated heterocycles. The van der Waals surface area contributed by atoms with Crippen LogP contribution in [-0.4, -0.2) is 37.1 Å². The van der Waals surface area contributed by atoms with Gasteiger partial charge in [-0.1, -0.05) is 12.1 Å². The molecule has 7 heteroatoms. The Kier molecular flexibility index (Phi) is 5.46. The number of nitrogens with one attached hydrogen (secondary N) is 1. The van der Waals surface area contributed by atoms with Crippen LogP contribution in [0.2, 0.25) is 0 Å². The number of amides is 1. The maximum Gasteiger partial charge on any atom is 0.494 e. The lowest BCUT2D eigenvalue weighted by Crippen LogP contribution is -2.41. The third-order valence-electron chi connectivity index (χ3n) is 4.36. The molecule has 128 valence electrons. The summed E-state index contributed by atoms with van der Waals surface area (Å²) in [6.45, 7) is 8.43. The number of hydrogen-bond donors (Lipinski definition) is 2. The largest absolute Gasteiger partial charge is 0.494 e. The molecule has 1 aliphatic heterocycles. The fourth-order valence-electron chi connectivity index (χ4n) is 2.19. The summed E-state index contributed by atoms with van der Waals surface area (Å²) in [7, 11) is -0.427. The summed E-state index contributed by atoms with van der Waals surface area (Å²) in [5.41, 5.74) is 5.81. The predicted octanol–water partition coefficient (Wildman–Crippen LogP) is 1.22. The third-order valence-corrected chi connectivity index (χ3v) is 4.36. The monoisotopic (exact) mass is 329 g/mol. The van der Waals surface area contributed by atoms with Crippen molar-refractivity contribution in [2.24, 2.45) is 10.7 Å². The predicted molar refractivity (Wildman–Crippen MR) is 96.3 cm³/mol. The van der Waals surface area contributed by atoms with Crippen molar-refractivity contribution in [3.8, 4) is 0 Å². The van der Waals surface area contributed by atoms with Crippen LogP contribution in [0.25, 0.3) is 0 Å². The molecule has 0 atom stereocenters. The Morgan fingerprint density at radius 1 is 1.21 bits per heavy atom. The highest BCUT2D eigenvalue weighted by molar-refractivity contribution is 6.62. The van der Waals surface area contributed by atoms with E-state index in [1.807, 2.05) is 39.8 Å². The highest BCUT2D eigenvalue weighted by Gasteiger charge is 2.51. The lowest BCUT2D eigenvalue weighted by atomic mass is 9.79. The Balaban J connectivity index is 1.97. The normalized spacial score (nSPS) is 19.2. The number of carbonyl (C=O) groups is 1. The van der Waals surface area contributed by atoms with E-state index in [0.29, 0.717) is 12.1 Å². The van der Waals surface area contributed by atoms with E-state index in [1.165, 1.54) is 12.5 Å². The van der Waals surface area contributed by atoms with Crippen molar-refractivity contribution in [1.29, 1.82) is 0 Å². The lowest BCUT2D eigenvalue weighted by molar-refractivity contribution is 0.00578. The summed E-state index contributed by atoms with van der Waals surface area (Å²) in [5.74, 6) is -0.156. The maximum absolute atomic E-state index is 12.0. The van der Waals surface area contributed by atoms with Crippen molar-refractivity contribution < 1.29 is 14.1 Å². The van der Waals surface area contributed by atoms with E-state index in [1.54, 1.807) is 18.2 Å². The van der Waals surface area contributed by atoms with Crippen LogP contribution < -0.4 is 16.5 Å². The average Bonchev–Trinajstić information content (AvgIpc) is 2.75. The minimum atomic E-state index is -0.427. The van der Waals surface area contributed by atoms with Crippen LogP contribution in [0.15, 0.2) is 41.5 Å². The minimum absolute atomic E-state index is 0.156. The number of aliphatic imine (C=N–C) groups is 1. The first-order chi connectivity index (χ1) is 11.3. The summed E-state index contributed by atoms with van der Waals surface area (Å²) in [5, 5.41) is 2.77. The van der Waals surface area contributed by atoms with Crippen LogP contribution in [0.1, 0.15) is 38.1 Å². The van der Waals surface area contributed by atoms with Gasteiger partial charge in [-0.3, -0.25) is 4.79 Å². The van der Waals surface area contributed by atoms with Crippen LogP contribution in [0.3, 0.4) is 0 Å². The summed E-state index contributed by atoms with van der Waals surface area (Å²) in [4.78, 5) is 15.8. The molecule has 1 aromatic rings. The molecule has 1 heterocycles. The Morgan fingerprint density at radius 2 is 1.79 bits per heavy atom. The van der Waals surface area contributed by atoms with Crippen molar-refractivity contribution in [2.75, 3.05) is 6.54 Å². The van der Waals surface area contributed by atoms with Crippen molar-refractivity contribution in [2.45, 2.75) is 38.9 Å². The standard InChI is InChI=1S/C17H24BN3O3/c1-16(2)17(3,4)24-18(23-16)14-8-6-13(7-9-14)15(22)21-11-5-10-20-12-19/h5-10,12H,11H2,1-4H3,(H2,19,20)(H,21,22)/b10-5-. The van der Waals surface area contributed by atoms with E-state index in [2.05, 4.69) is 10.3 Å². The van der Waals surface area contributed by atoms with Gasteiger partial charge in [0.05, 0.1) is 17.5 Å². The molecule has 6 nitrogen and oxygen atoms in total. The fraction of sp³-hybridized carbons (Fsp3) is 0.412. The van der Waals surface area contributed by atoms with E-state index in [4.69, 9.17) is 15.0 Å². The Morgan fingerprint density at radius 3 is 2.33 bits per heavy atom. The molecule has 1 amide bonds. The SMILES string of the molecule is CC1(C)OB(c2ccc(C(=O)NC/C=C\N=C/N)cc2)OC1(C)C. The van der Waals surface area contributed by atoms with Gasteiger partial charge in [-0.25, -0.2) is 4.99 Å². The van der Waals surface area contributed by atoms with Gasteiger partial charge < -0.3 is 20.4 Å². The Labute approximate surface area is 143 Å². The van der Waals surface area contributed by atoms with E-state index in [0.717, 1.165) is 5.46 Å². The molecule has 24 heavy (non-hydrogen) atoms. The first-order valence-electron chi connectivity index (χ1n) is 7.89. The molecule has 0 aliphatic carbocycles. The van der Waals surface area contributed by atoms with Gasteiger partial charge in [-0.05, 0) is 51.4 Å². The Hall–Kier alpha value is -2.12. The number of rotatable bonds is 5. The zero-order valence-electron chi connectivity index (χ0n) is 14.6. The van der Waals surface area contributed by atoms with E-state index < -0.39 is 7.12 Å². The van der Waals surface area contributed by atoms with Crippen molar-refractivity contribution in [3.05, 3.63) is 42.1 Å². The van der Waals surface area contributed by atoms with Gasteiger partial charge in [-0.15, -0.1) is 0 Å². The molecular weight excluding hydrogens is 305 g/mol.